The molecule has 3 rings (SSSR count). The Kier molecular flexibility index (Phi) is 0.933. The first-order chi connectivity index (χ1) is 4.97. The van der Waals surface area contributed by atoms with E-state index >= 15 is 0 Å². The molecule has 0 bridgehead atoms. The van der Waals surface area contributed by atoms with E-state index in [0.29, 0.717) is 0 Å². The second kappa shape index (κ2) is 1.70. The summed E-state index contributed by atoms with van der Waals surface area (Å²) in [6.07, 6.45) is 7.13. The second-order valence-electron chi connectivity index (χ2n) is 3.85. The third-order valence-corrected chi connectivity index (χ3v) is 3.50. The van der Waals surface area contributed by atoms with E-state index in [1.54, 1.807) is 0 Å². The molecular weight excluding hydrogens is 124 g/mol. The zero-order valence-corrected chi connectivity index (χ0v) is 6.18. The molecule has 0 amide bonds. The van der Waals surface area contributed by atoms with Crippen LogP contribution in [-0.2, 0) is 4.74 Å². The first-order valence-electron chi connectivity index (χ1n) is 4.46. The minimum atomic E-state index is 0.910. The molecule has 1 heterocycles. The van der Waals surface area contributed by atoms with Crippen molar-refractivity contribution in [2.75, 3.05) is 6.61 Å². The number of fused-ring (bicyclic) bond motifs is 4. The summed E-state index contributed by atoms with van der Waals surface area (Å²) in [4.78, 5) is 0. The van der Waals surface area contributed by atoms with Crippen molar-refractivity contribution in [1.29, 1.82) is 0 Å². The van der Waals surface area contributed by atoms with Gasteiger partial charge in [-0.2, -0.15) is 4.74 Å². The van der Waals surface area contributed by atoms with Gasteiger partial charge in [-0.05, 0) is 25.7 Å². The molecule has 1 saturated heterocycles. The molecule has 0 aromatic carbocycles. The Labute approximate surface area is 61.8 Å². The Bertz CT molecular complexity index is 137. The summed E-state index contributed by atoms with van der Waals surface area (Å²) in [6, 6.07) is 0. The molecule has 3 unspecified atom stereocenters. The van der Waals surface area contributed by atoms with E-state index in [4.69, 9.17) is 4.74 Å². The Balaban J connectivity index is 1.76. The van der Waals surface area contributed by atoms with Crippen LogP contribution >= 0.6 is 0 Å². The van der Waals surface area contributed by atoms with E-state index in [-0.39, 0.29) is 0 Å². The van der Waals surface area contributed by atoms with Crippen LogP contribution in [0.4, 0.5) is 0 Å². The van der Waals surface area contributed by atoms with E-state index in [0.717, 1.165) is 24.4 Å². The zero-order valence-electron chi connectivity index (χ0n) is 6.18. The molecule has 2 saturated carbocycles. The monoisotopic (exact) mass is 137 g/mol. The maximum Gasteiger partial charge on any atom is 0.248 e. The lowest BCUT2D eigenvalue weighted by Crippen LogP contribution is -2.54. The van der Waals surface area contributed by atoms with Crippen molar-refractivity contribution in [3.8, 4) is 0 Å². The van der Waals surface area contributed by atoms with Gasteiger partial charge in [0.2, 0.25) is 6.10 Å². The maximum absolute atomic E-state index is 5.63. The number of ether oxygens (including phenoxy) is 1. The molecule has 0 N–H and O–H groups in total. The van der Waals surface area contributed by atoms with Gasteiger partial charge in [-0.1, -0.05) is 0 Å². The summed E-state index contributed by atoms with van der Waals surface area (Å²) in [6.45, 7) is 1.01. The summed E-state index contributed by atoms with van der Waals surface area (Å²) in [5.74, 6) is 2.90. The molecule has 3 aliphatic rings. The van der Waals surface area contributed by atoms with Crippen LogP contribution in [0.15, 0.2) is 0 Å². The van der Waals surface area contributed by atoms with E-state index < -0.39 is 0 Å². The molecule has 0 aromatic heterocycles. The Hall–Kier alpha value is -0.170. The molecule has 1 nitrogen and oxygen atoms in total. The fourth-order valence-corrected chi connectivity index (χ4v) is 2.79. The van der Waals surface area contributed by atoms with Gasteiger partial charge in [-0.15, -0.1) is 0 Å². The lowest BCUT2D eigenvalue weighted by molar-refractivity contribution is -0.134. The summed E-state index contributed by atoms with van der Waals surface area (Å²) in [5.41, 5.74) is 0. The Morgan fingerprint density at radius 2 is 2.00 bits per heavy atom. The second-order valence-corrected chi connectivity index (χ2v) is 3.85. The normalized spacial score (nSPS) is 50.4. The number of hydrogen-bond donors (Lipinski definition) is 0. The van der Waals surface area contributed by atoms with Gasteiger partial charge in [0.25, 0.3) is 0 Å². The van der Waals surface area contributed by atoms with Crippen LogP contribution in [0.1, 0.15) is 25.7 Å². The van der Waals surface area contributed by atoms with Crippen LogP contribution in [0.2, 0.25) is 0 Å². The molecule has 10 heavy (non-hydrogen) atoms. The van der Waals surface area contributed by atoms with Crippen molar-refractivity contribution < 1.29 is 4.74 Å². The van der Waals surface area contributed by atoms with Gasteiger partial charge in [0.1, 0.15) is 11.8 Å². The van der Waals surface area contributed by atoms with Gasteiger partial charge in [0.15, 0.2) is 0 Å². The van der Waals surface area contributed by atoms with Crippen molar-refractivity contribution in [3.05, 3.63) is 6.10 Å². The van der Waals surface area contributed by atoms with Crippen LogP contribution < -0.4 is 0 Å². The van der Waals surface area contributed by atoms with Crippen molar-refractivity contribution >= 4 is 0 Å². The number of rotatable bonds is 0. The SMILES string of the molecule is C1CO[C+]2C(C1)C1CCC21. The molecule has 1 heteroatoms. The third-order valence-electron chi connectivity index (χ3n) is 3.50. The standard InChI is InChI=1S/C9H13O/c1-2-7-6-3-4-8(6)9(7)10-5-1/h6-8H,1-5H2/q+1. The van der Waals surface area contributed by atoms with E-state index in [9.17, 15) is 0 Å². The molecule has 0 spiro atoms. The summed E-state index contributed by atoms with van der Waals surface area (Å²) in [7, 11) is 0. The largest absolute Gasteiger partial charge is 0.248 e. The van der Waals surface area contributed by atoms with Crippen LogP contribution in [-0.4, -0.2) is 6.61 Å². The lowest BCUT2D eigenvalue weighted by atomic mass is 9.50. The van der Waals surface area contributed by atoms with Gasteiger partial charge < -0.3 is 0 Å². The van der Waals surface area contributed by atoms with Gasteiger partial charge in [-0.3, -0.25) is 0 Å². The van der Waals surface area contributed by atoms with Gasteiger partial charge in [0.05, 0.1) is 12.5 Å². The molecule has 1 aliphatic heterocycles. The average Bonchev–Trinajstić information content (AvgIpc) is 1.90. The predicted octanol–water partition coefficient (Wildman–Crippen LogP) is 1.98. The average molecular weight is 137 g/mol. The molecule has 54 valence electrons. The van der Waals surface area contributed by atoms with Crippen LogP contribution in [0.3, 0.4) is 0 Å². The topological polar surface area (TPSA) is 9.23 Å². The highest BCUT2D eigenvalue weighted by Crippen LogP contribution is 2.62. The minimum absolute atomic E-state index is 0.910. The van der Waals surface area contributed by atoms with Crippen LogP contribution in [0.25, 0.3) is 0 Å². The van der Waals surface area contributed by atoms with Crippen molar-refractivity contribution in [2.24, 2.45) is 17.8 Å². The summed E-state index contributed by atoms with van der Waals surface area (Å²) >= 11 is 0. The maximum atomic E-state index is 5.63. The highest BCUT2D eigenvalue weighted by molar-refractivity contribution is 5.16. The summed E-state index contributed by atoms with van der Waals surface area (Å²) in [5, 5.41) is 0. The van der Waals surface area contributed by atoms with Gasteiger partial charge in [0, 0.05) is 0 Å². The van der Waals surface area contributed by atoms with Crippen molar-refractivity contribution in [2.45, 2.75) is 25.7 Å². The molecule has 2 aliphatic carbocycles. The highest BCUT2D eigenvalue weighted by Gasteiger charge is 2.68. The fourth-order valence-electron chi connectivity index (χ4n) is 2.79. The van der Waals surface area contributed by atoms with Crippen LogP contribution in [0.5, 0.6) is 0 Å². The zero-order chi connectivity index (χ0) is 6.55. The summed E-state index contributed by atoms with van der Waals surface area (Å²) < 4.78 is 5.63. The first-order valence-corrected chi connectivity index (χ1v) is 4.46. The first kappa shape index (κ1) is 5.48. The molecule has 0 aromatic rings. The highest BCUT2D eigenvalue weighted by atomic mass is 16.5. The fraction of sp³-hybridized carbons (Fsp3) is 0.889. The Morgan fingerprint density at radius 1 is 1.10 bits per heavy atom. The number of hydrogen-bond acceptors (Lipinski definition) is 1. The van der Waals surface area contributed by atoms with E-state index in [1.807, 2.05) is 0 Å². The van der Waals surface area contributed by atoms with E-state index in [2.05, 4.69) is 0 Å². The molecule has 0 radical (unpaired) electrons. The molecule has 3 fully saturated rings. The third kappa shape index (κ3) is 0.472. The molecule has 3 atom stereocenters. The van der Waals surface area contributed by atoms with Gasteiger partial charge >= 0.3 is 0 Å². The molecular formula is C9H13O+. The van der Waals surface area contributed by atoms with Gasteiger partial charge in [-0.25, -0.2) is 0 Å². The Morgan fingerprint density at radius 3 is 2.70 bits per heavy atom. The minimum Gasteiger partial charge on any atom is -0.193 e. The lowest BCUT2D eigenvalue weighted by Gasteiger charge is -2.49. The van der Waals surface area contributed by atoms with Crippen molar-refractivity contribution in [3.63, 3.8) is 0 Å². The van der Waals surface area contributed by atoms with E-state index in [1.165, 1.54) is 31.8 Å². The smallest absolute Gasteiger partial charge is 0.193 e. The van der Waals surface area contributed by atoms with Crippen LogP contribution in [0, 0.1) is 23.9 Å². The van der Waals surface area contributed by atoms with Crippen molar-refractivity contribution in [1.82, 2.24) is 0 Å². The predicted molar refractivity (Wildman–Crippen MR) is 38.1 cm³/mol. The quantitative estimate of drug-likeness (QED) is 0.464.